The number of hydrogen-bond donors (Lipinski definition) is 2. The molecule has 0 amide bonds. The van der Waals surface area contributed by atoms with Crippen LogP contribution >= 0.6 is 0 Å². The number of aromatic hydroxyl groups is 1. The van der Waals surface area contributed by atoms with Crippen molar-refractivity contribution in [1.29, 1.82) is 0 Å². The molecule has 0 aliphatic carbocycles. The molecular weight excluding hydrogens is 420 g/mol. The third-order valence-corrected chi connectivity index (χ3v) is 5.35. The number of aromatic amines is 1. The number of aryl methyl sites for hydroxylation is 1. The van der Waals surface area contributed by atoms with E-state index in [9.17, 15) is 27.5 Å². The van der Waals surface area contributed by atoms with Crippen molar-refractivity contribution in [2.24, 2.45) is 0 Å². The summed E-state index contributed by atoms with van der Waals surface area (Å²) in [7, 11) is 0. The quantitative estimate of drug-likeness (QED) is 0.610. The van der Waals surface area contributed by atoms with Crippen LogP contribution in [-0.2, 0) is 17.5 Å². The summed E-state index contributed by atoms with van der Waals surface area (Å²) in [6.07, 6.45) is -4.92. The molecule has 166 valence electrons. The van der Waals surface area contributed by atoms with Crippen molar-refractivity contribution >= 4 is 11.0 Å². The van der Waals surface area contributed by atoms with Gasteiger partial charge in [-0.05, 0) is 19.1 Å². The number of H-pyrrole nitrogens is 1. The second-order valence-electron chi connectivity index (χ2n) is 7.33. The molecule has 2 aromatic heterocycles. The first-order valence-corrected chi connectivity index (χ1v) is 9.67. The highest BCUT2D eigenvalue weighted by molar-refractivity contribution is 5.84. The molecule has 2 N–H and O–H groups in total. The Morgan fingerprint density at radius 1 is 1.23 bits per heavy atom. The fourth-order valence-corrected chi connectivity index (χ4v) is 3.75. The van der Waals surface area contributed by atoms with Gasteiger partial charge in [0.2, 0.25) is 5.43 Å². The lowest BCUT2D eigenvalue weighted by atomic mass is 10.0. The zero-order valence-electron chi connectivity index (χ0n) is 16.6. The number of aromatic nitrogens is 3. The minimum atomic E-state index is -4.92. The number of hydrogen-bond acceptors (Lipinski definition) is 5. The number of morpholine rings is 1. The predicted molar refractivity (Wildman–Crippen MR) is 104 cm³/mol. The molecule has 1 aliphatic rings. The van der Waals surface area contributed by atoms with Crippen molar-refractivity contribution < 1.29 is 27.4 Å². The molecule has 0 saturated carbocycles. The molecule has 0 radical (unpaired) electrons. The highest BCUT2D eigenvalue weighted by Crippen LogP contribution is 2.37. The van der Waals surface area contributed by atoms with Crippen LogP contribution in [0, 0.1) is 12.7 Å². The van der Waals surface area contributed by atoms with Gasteiger partial charge < -0.3 is 14.8 Å². The van der Waals surface area contributed by atoms with E-state index in [1.165, 1.54) is 4.68 Å². The van der Waals surface area contributed by atoms with Gasteiger partial charge in [0.25, 0.3) is 0 Å². The van der Waals surface area contributed by atoms with Crippen molar-refractivity contribution in [3.63, 3.8) is 0 Å². The average Bonchev–Trinajstić information content (AvgIpc) is 3.05. The van der Waals surface area contributed by atoms with E-state index in [2.05, 4.69) is 15.0 Å². The standard InChI is InChI=1S/C20H20F4N4O3/c1-11-14-17(29)18(30)16(12-3-2-4-13(15(12)21)20(22,23)24)25-19(14)28(26-11)6-5-27-7-9-31-10-8-27/h2-4,30H,5-10H2,1H3,(H,25,29). The Bertz CT molecular complexity index is 1180. The summed E-state index contributed by atoms with van der Waals surface area (Å²) < 4.78 is 60.8. The lowest BCUT2D eigenvalue weighted by Gasteiger charge is -2.26. The van der Waals surface area contributed by atoms with Gasteiger partial charge in [0.05, 0.1) is 42.1 Å². The molecule has 1 aromatic carbocycles. The number of ether oxygens (including phenoxy) is 1. The van der Waals surface area contributed by atoms with E-state index in [4.69, 9.17) is 4.74 Å². The normalized spacial score (nSPS) is 15.6. The number of nitrogens with one attached hydrogen (secondary N) is 1. The fourth-order valence-electron chi connectivity index (χ4n) is 3.75. The number of benzene rings is 1. The van der Waals surface area contributed by atoms with Crippen LogP contribution < -0.4 is 5.43 Å². The summed E-state index contributed by atoms with van der Waals surface area (Å²) in [4.78, 5) is 17.7. The second-order valence-corrected chi connectivity index (χ2v) is 7.33. The van der Waals surface area contributed by atoms with Gasteiger partial charge in [0.1, 0.15) is 11.5 Å². The first kappa shape index (κ1) is 21.3. The maximum Gasteiger partial charge on any atom is 0.419 e. The molecule has 0 bridgehead atoms. The summed E-state index contributed by atoms with van der Waals surface area (Å²) in [5, 5.41) is 14.8. The highest BCUT2D eigenvalue weighted by atomic mass is 19.4. The molecule has 4 rings (SSSR count). The predicted octanol–water partition coefficient (Wildman–Crippen LogP) is 2.90. The van der Waals surface area contributed by atoms with E-state index in [1.54, 1.807) is 6.92 Å². The van der Waals surface area contributed by atoms with E-state index in [0.29, 0.717) is 38.1 Å². The topological polar surface area (TPSA) is 83.4 Å². The van der Waals surface area contributed by atoms with Crippen LogP contribution in [0.3, 0.4) is 0 Å². The molecule has 0 spiro atoms. The van der Waals surface area contributed by atoms with E-state index < -0.39 is 40.0 Å². The van der Waals surface area contributed by atoms with E-state index in [1.807, 2.05) is 0 Å². The van der Waals surface area contributed by atoms with Crippen molar-refractivity contribution in [1.82, 2.24) is 19.7 Å². The summed E-state index contributed by atoms with van der Waals surface area (Å²) in [6.45, 7) is 5.30. The molecular formula is C20H20F4N4O3. The third kappa shape index (κ3) is 3.90. The van der Waals surface area contributed by atoms with Crippen LogP contribution in [0.2, 0.25) is 0 Å². The molecule has 11 heteroatoms. The van der Waals surface area contributed by atoms with E-state index in [-0.39, 0.29) is 11.0 Å². The van der Waals surface area contributed by atoms with Crippen LogP contribution in [0.5, 0.6) is 5.75 Å². The van der Waals surface area contributed by atoms with Gasteiger partial charge in [-0.25, -0.2) is 9.07 Å². The monoisotopic (exact) mass is 440 g/mol. The minimum absolute atomic E-state index is 0.107. The molecule has 0 unspecified atom stereocenters. The van der Waals surface area contributed by atoms with Crippen LogP contribution in [-0.4, -0.2) is 57.6 Å². The summed E-state index contributed by atoms with van der Waals surface area (Å²) in [5.41, 5.74) is -2.72. The minimum Gasteiger partial charge on any atom is -0.503 e. The number of halogens is 4. The Morgan fingerprint density at radius 2 is 1.94 bits per heavy atom. The number of fused-ring (bicyclic) bond motifs is 1. The van der Waals surface area contributed by atoms with Crippen molar-refractivity contribution in [2.75, 3.05) is 32.8 Å². The summed E-state index contributed by atoms with van der Waals surface area (Å²) in [5.74, 6) is -2.43. The van der Waals surface area contributed by atoms with Gasteiger partial charge in [-0.1, -0.05) is 6.07 Å². The first-order valence-electron chi connectivity index (χ1n) is 9.67. The Labute approximate surface area is 173 Å². The lowest BCUT2D eigenvalue weighted by molar-refractivity contribution is -0.139. The fraction of sp³-hybridized carbons (Fsp3) is 0.400. The largest absolute Gasteiger partial charge is 0.503 e. The SMILES string of the molecule is Cc1nn(CCN2CCOCC2)c2[nH]c(-c3cccc(C(F)(F)F)c3F)c(O)c(=O)c12. The number of nitrogens with zero attached hydrogens (tertiary/aromatic N) is 3. The van der Waals surface area contributed by atoms with Crippen molar-refractivity contribution in [3.8, 4) is 17.0 Å². The van der Waals surface area contributed by atoms with Gasteiger partial charge in [-0.2, -0.15) is 18.3 Å². The maximum absolute atomic E-state index is 14.7. The van der Waals surface area contributed by atoms with Gasteiger partial charge in [0, 0.05) is 25.2 Å². The molecule has 3 heterocycles. The maximum atomic E-state index is 14.7. The smallest absolute Gasteiger partial charge is 0.419 e. The lowest BCUT2D eigenvalue weighted by Crippen LogP contribution is -2.38. The second kappa shape index (κ2) is 7.97. The summed E-state index contributed by atoms with van der Waals surface area (Å²) >= 11 is 0. The van der Waals surface area contributed by atoms with E-state index in [0.717, 1.165) is 25.2 Å². The average molecular weight is 440 g/mol. The summed E-state index contributed by atoms with van der Waals surface area (Å²) in [6, 6.07) is 2.69. The molecule has 1 aliphatic heterocycles. The number of rotatable bonds is 4. The molecule has 7 nitrogen and oxygen atoms in total. The van der Waals surface area contributed by atoms with Gasteiger partial charge in [0.15, 0.2) is 5.75 Å². The highest BCUT2D eigenvalue weighted by Gasteiger charge is 2.35. The zero-order chi connectivity index (χ0) is 22.3. The van der Waals surface area contributed by atoms with Crippen molar-refractivity contribution in [3.05, 3.63) is 45.5 Å². The van der Waals surface area contributed by atoms with Gasteiger partial charge in [-0.15, -0.1) is 0 Å². The molecule has 1 fully saturated rings. The number of pyridine rings is 1. The number of alkyl halides is 3. The Morgan fingerprint density at radius 3 is 2.61 bits per heavy atom. The molecule has 3 aromatic rings. The van der Waals surface area contributed by atoms with Crippen LogP contribution in [0.25, 0.3) is 22.3 Å². The Kier molecular flexibility index (Phi) is 5.48. The van der Waals surface area contributed by atoms with Crippen LogP contribution in [0.15, 0.2) is 23.0 Å². The van der Waals surface area contributed by atoms with Gasteiger partial charge >= 0.3 is 6.18 Å². The van der Waals surface area contributed by atoms with Gasteiger partial charge in [-0.3, -0.25) is 9.69 Å². The van der Waals surface area contributed by atoms with Crippen LogP contribution in [0.4, 0.5) is 17.6 Å². The Hall–Kier alpha value is -2.92. The van der Waals surface area contributed by atoms with Crippen molar-refractivity contribution in [2.45, 2.75) is 19.6 Å². The zero-order valence-corrected chi connectivity index (χ0v) is 16.6. The molecule has 31 heavy (non-hydrogen) atoms. The third-order valence-electron chi connectivity index (χ3n) is 5.35. The van der Waals surface area contributed by atoms with E-state index >= 15 is 0 Å². The Balaban J connectivity index is 1.81. The van der Waals surface area contributed by atoms with Crippen LogP contribution in [0.1, 0.15) is 11.3 Å². The molecule has 1 saturated heterocycles. The first-order chi connectivity index (χ1) is 14.7. The molecule has 0 atom stereocenters.